The third-order valence-electron chi connectivity index (χ3n) is 6.00. The number of nitrogens with zero attached hydrogens (tertiary/aromatic N) is 2. The summed E-state index contributed by atoms with van der Waals surface area (Å²) in [5.74, 6) is -0.407. The zero-order chi connectivity index (χ0) is 25.7. The Morgan fingerprint density at radius 1 is 1.20 bits per heavy atom. The van der Waals surface area contributed by atoms with Crippen LogP contribution in [-0.2, 0) is 11.3 Å². The largest absolute Gasteiger partial charge is 0.494 e. The first-order valence-corrected chi connectivity index (χ1v) is 12.2. The molecule has 0 fully saturated rings. The Hall–Kier alpha value is -3.26. The summed E-state index contributed by atoms with van der Waals surface area (Å²) in [7, 11) is 0. The standard InChI is InChI=1S/C26H33ClN4O4/c1-5-12-35-19-10-11-20(21(27)13-19)25(33)31-14-17(4)30(15-18-8-6-7-9-22(18)31)26(34)29-23(16(2)3)24(28)32/h6-11,13,16-17,23H,5,12,14-15H2,1-4H3,(H2,28,32)(H,29,34)/t17-,23+/m0/s1. The Labute approximate surface area is 211 Å². The molecule has 0 saturated carbocycles. The first kappa shape index (κ1) is 26.3. The second-order valence-electron chi connectivity index (χ2n) is 9.09. The van der Waals surface area contributed by atoms with Gasteiger partial charge in [-0.25, -0.2) is 4.79 Å². The van der Waals surface area contributed by atoms with Crippen LogP contribution in [0.3, 0.4) is 0 Å². The number of rotatable bonds is 7. The number of carbonyl (C=O) groups is 3. The van der Waals surface area contributed by atoms with Gasteiger partial charge >= 0.3 is 6.03 Å². The highest BCUT2D eigenvalue weighted by atomic mass is 35.5. The minimum Gasteiger partial charge on any atom is -0.494 e. The van der Waals surface area contributed by atoms with Crippen LogP contribution in [0.2, 0.25) is 5.02 Å². The molecule has 0 spiro atoms. The first-order chi connectivity index (χ1) is 16.6. The zero-order valence-corrected chi connectivity index (χ0v) is 21.3. The summed E-state index contributed by atoms with van der Waals surface area (Å²) in [6.45, 7) is 8.59. The van der Waals surface area contributed by atoms with E-state index in [1.54, 1.807) is 28.0 Å². The molecule has 2 aromatic carbocycles. The number of primary amides is 1. The molecule has 0 saturated heterocycles. The Morgan fingerprint density at radius 3 is 2.54 bits per heavy atom. The van der Waals surface area contributed by atoms with E-state index in [0.717, 1.165) is 12.0 Å². The normalized spacial score (nSPS) is 16.3. The van der Waals surface area contributed by atoms with E-state index in [0.29, 0.717) is 28.6 Å². The molecule has 188 valence electrons. The Morgan fingerprint density at radius 2 is 1.91 bits per heavy atom. The molecule has 4 amide bonds. The smallest absolute Gasteiger partial charge is 0.318 e. The number of para-hydroxylation sites is 1. The number of halogens is 1. The lowest BCUT2D eigenvalue weighted by atomic mass is 10.0. The third-order valence-corrected chi connectivity index (χ3v) is 6.32. The SMILES string of the molecule is CCCOc1ccc(C(=O)N2C[C@H](C)N(C(=O)N[C@@H](C(N)=O)C(C)C)Cc3ccccc32)c(Cl)c1. The van der Waals surface area contributed by atoms with Crippen LogP contribution in [-0.4, -0.2) is 48.0 Å². The Bertz CT molecular complexity index is 1090. The number of nitrogens with one attached hydrogen (secondary N) is 1. The van der Waals surface area contributed by atoms with Crippen molar-refractivity contribution in [2.24, 2.45) is 11.7 Å². The number of anilines is 1. The van der Waals surface area contributed by atoms with E-state index in [2.05, 4.69) is 5.32 Å². The maximum absolute atomic E-state index is 13.7. The lowest BCUT2D eigenvalue weighted by Crippen LogP contribution is -2.54. The van der Waals surface area contributed by atoms with Crippen LogP contribution in [0.25, 0.3) is 0 Å². The fourth-order valence-corrected chi connectivity index (χ4v) is 4.33. The summed E-state index contributed by atoms with van der Waals surface area (Å²) in [4.78, 5) is 41.9. The maximum Gasteiger partial charge on any atom is 0.318 e. The van der Waals surface area contributed by atoms with Gasteiger partial charge in [0.1, 0.15) is 11.8 Å². The van der Waals surface area contributed by atoms with Gasteiger partial charge in [-0.1, -0.05) is 50.6 Å². The Kier molecular flexibility index (Phi) is 8.62. The molecular weight excluding hydrogens is 468 g/mol. The van der Waals surface area contributed by atoms with Gasteiger partial charge in [0, 0.05) is 24.8 Å². The number of nitrogens with two attached hydrogens (primary N) is 1. The first-order valence-electron chi connectivity index (χ1n) is 11.8. The maximum atomic E-state index is 13.7. The van der Waals surface area contributed by atoms with Gasteiger partial charge in [-0.05, 0) is 49.1 Å². The van der Waals surface area contributed by atoms with Crippen LogP contribution in [0.15, 0.2) is 42.5 Å². The van der Waals surface area contributed by atoms with Crippen LogP contribution < -0.4 is 20.7 Å². The predicted octanol–water partition coefficient (Wildman–Crippen LogP) is 4.20. The van der Waals surface area contributed by atoms with E-state index < -0.39 is 18.0 Å². The van der Waals surface area contributed by atoms with Crippen molar-refractivity contribution in [3.8, 4) is 5.75 Å². The van der Waals surface area contributed by atoms with Gasteiger partial charge in [0.25, 0.3) is 5.91 Å². The number of hydrogen-bond acceptors (Lipinski definition) is 4. The predicted molar refractivity (Wildman–Crippen MR) is 137 cm³/mol. The second-order valence-corrected chi connectivity index (χ2v) is 9.49. The van der Waals surface area contributed by atoms with E-state index in [4.69, 9.17) is 22.1 Å². The quantitative estimate of drug-likeness (QED) is 0.594. The molecule has 3 N–H and O–H groups in total. The molecule has 0 unspecified atom stereocenters. The molecule has 9 heteroatoms. The summed E-state index contributed by atoms with van der Waals surface area (Å²) < 4.78 is 5.62. The van der Waals surface area contributed by atoms with E-state index in [9.17, 15) is 14.4 Å². The molecule has 35 heavy (non-hydrogen) atoms. The van der Waals surface area contributed by atoms with E-state index in [1.165, 1.54) is 0 Å². The van der Waals surface area contributed by atoms with Crippen molar-refractivity contribution in [3.05, 3.63) is 58.6 Å². The summed E-state index contributed by atoms with van der Waals surface area (Å²) in [6.07, 6.45) is 0.863. The lowest BCUT2D eigenvalue weighted by molar-refractivity contribution is -0.120. The minimum atomic E-state index is -0.793. The fraction of sp³-hybridized carbons (Fsp3) is 0.423. The number of ether oxygens (including phenoxy) is 1. The number of urea groups is 1. The molecule has 0 radical (unpaired) electrons. The van der Waals surface area contributed by atoms with Gasteiger partial charge in [-0.15, -0.1) is 0 Å². The van der Waals surface area contributed by atoms with Crippen LogP contribution >= 0.6 is 11.6 Å². The second kappa shape index (κ2) is 11.4. The number of benzene rings is 2. The van der Waals surface area contributed by atoms with Crippen molar-refractivity contribution in [1.82, 2.24) is 10.2 Å². The molecule has 1 aliphatic heterocycles. The molecule has 0 aromatic heterocycles. The van der Waals surface area contributed by atoms with Crippen LogP contribution in [0.4, 0.5) is 10.5 Å². The summed E-state index contributed by atoms with van der Waals surface area (Å²) in [5, 5.41) is 3.06. The molecular formula is C26H33ClN4O4. The molecule has 0 aliphatic carbocycles. The summed E-state index contributed by atoms with van der Waals surface area (Å²) in [6, 6.07) is 10.9. The van der Waals surface area contributed by atoms with Crippen LogP contribution in [0.1, 0.15) is 50.0 Å². The van der Waals surface area contributed by atoms with Gasteiger partial charge in [0.15, 0.2) is 0 Å². The number of carbonyl (C=O) groups excluding carboxylic acids is 3. The van der Waals surface area contributed by atoms with Crippen molar-refractivity contribution < 1.29 is 19.1 Å². The van der Waals surface area contributed by atoms with Gasteiger partial charge < -0.3 is 25.6 Å². The van der Waals surface area contributed by atoms with E-state index in [-0.39, 0.29) is 31.0 Å². The molecule has 1 aliphatic rings. The summed E-state index contributed by atoms with van der Waals surface area (Å²) in [5.41, 5.74) is 7.35. The van der Waals surface area contributed by atoms with Gasteiger partial charge in [0.05, 0.1) is 17.2 Å². The highest BCUT2D eigenvalue weighted by Gasteiger charge is 2.34. The molecule has 1 heterocycles. The molecule has 8 nitrogen and oxygen atoms in total. The van der Waals surface area contributed by atoms with Gasteiger partial charge in [-0.3, -0.25) is 9.59 Å². The third kappa shape index (κ3) is 6.06. The molecule has 3 rings (SSSR count). The average Bonchev–Trinajstić information content (AvgIpc) is 2.97. The topological polar surface area (TPSA) is 105 Å². The minimum absolute atomic E-state index is 0.157. The van der Waals surface area contributed by atoms with Crippen molar-refractivity contribution in [1.29, 1.82) is 0 Å². The van der Waals surface area contributed by atoms with Crippen LogP contribution in [0, 0.1) is 5.92 Å². The van der Waals surface area contributed by atoms with Crippen molar-refractivity contribution in [2.45, 2.75) is 52.7 Å². The van der Waals surface area contributed by atoms with Crippen molar-refractivity contribution in [3.63, 3.8) is 0 Å². The van der Waals surface area contributed by atoms with Crippen molar-refractivity contribution in [2.75, 3.05) is 18.1 Å². The van der Waals surface area contributed by atoms with E-state index in [1.807, 2.05) is 52.0 Å². The number of amides is 4. The number of fused-ring (bicyclic) bond motifs is 1. The van der Waals surface area contributed by atoms with E-state index >= 15 is 0 Å². The zero-order valence-electron chi connectivity index (χ0n) is 20.6. The fourth-order valence-electron chi connectivity index (χ4n) is 4.08. The number of hydrogen-bond donors (Lipinski definition) is 2. The average molecular weight is 501 g/mol. The molecule has 2 aromatic rings. The van der Waals surface area contributed by atoms with Crippen LogP contribution in [0.5, 0.6) is 5.75 Å². The van der Waals surface area contributed by atoms with Crippen molar-refractivity contribution >= 4 is 35.1 Å². The lowest BCUT2D eigenvalue weighted by Gasteiger charge is -2.31. The highest BCUT2D eigenvalue weighted by Crippen LogP contribution is 2.31. The van der Waals surface area contributed by atoms with Gasteiger partial charge in [-0.2, -0.15) is 0 Å². The molecule has 2 atom stereocenters. The van der Waals surface area contributed by atoms with Gasteiger partial charge in [0.2, 0.25) is 5.91 Å². The monoisotopic (exact) mass is 500 g/mol. The Balaban J connectivity index is 1.90. The summed E-state index contributed by atoms with van der Waals surface area (Å²) >= 11 is 6.48. The highest BCUT2D eigenvalue weighted by molar-refractivity contribution is 6.34. The molecule has 0 bridgehead atoms.